The minimum absolute atomic E-state index is 0.758. The Labute approximate surface area is 119 Å². The highest BCUT2D eigenvalue weighted by molar-refractivity contribution is 6.31. The van der Waals surface area contributed by atoms with Gasteiger partial charge in [-0.05, 0) is 51.5 Å². The Morgan fingerprint density at radius 1 is 1.21 bits per heavy atom. The molecule has 0 saturated heterocycles. The Morgan fingerprint density at radius 3 is 2.53 bits per heavy atom. The van der Waals surface area contributed by atoms with Crippen LogP contribution in [0.4, 0.5) is 5.69 Å². The van der Waals surface area contributed by atoms with Gasteiger partial charge in [0.05, 0.1) is 5.69 Å². The molecule has 0 radical (unpaired) electrons. The summed E-state index contributed by atoms with van der Waals surface area (Å²) in [6.07, 6.45) is 1.91. The zero-order chi connectivity index (χ0) is 14.0. The van der Waals surface area contributed by atoms with Crippen LogP contribution in [0.15, 0.2) is 29.3 Å². The lowest BCUT2D eigenvalue weighted by Gasteiger charge is -2.04. The van der Waals surface area contributed by atoms with Crippen molar-refractivity contribution in [2.75, 3.05) is 0 Å². The van der Waals surface area contributed by atoms with Crippen LogP contribution in [0.1, 0.15) is 29.4 Å². The van der Waals surface area contributed by atoms with Gasteiger partial charge in [0.25, 0.3) is 0 Å². The molecule has 2 nitrogen and oxygen atoms in total. The van der Waals surface area contributed by atoms with E-state index in [-0.39, 0.29) is 0 Å². The van der Waals surface area contributed by atoms with Gasteiger partial charge in [-0.1, -0.05) is 17.7 Å². The second kappa shape index (κ2) is 5.62. The van der Waals surface area contributed by atoms with Crippen LogP contribution >= 0.6 is 11.6 Å². The van der Waals surface area contributed by atoms with Crippen LogP contribution in [0.25, 0.3) is 0 Å². The standard InChI is InChI=1S/C16H19ClN2/c1-5-19-12(3)8-14(13(19)4)10-18-15-7-6-11(2)16(17)9-15/h6-10H,5H2,1-4H3. The molecule has 100 valence electrons. The van der Waals surface area contributed by atoms with Crippen LogP contribution in [0.2, 0.25) is 5.02 Å². The second-order valence-electron chi connectivity index (χ2n) is 4.76. The molecule has 0 aliphatic rings. The summed E-state index contributed by atoms with van der Waals surface area (Å²) in [7, 11) is 0. The van der Waals surface area contributed by atoms with Gasteiger partial charge in [-0.25, -0.2) is 0 Å². The lowest BCUT2D eigenvalue weighted by atomic mass is 10.2. The Kier molecular flexibility index (Phi) is 4.11. The first-order valence-electron chi connectivity index (χ1n) is 6.50. The van der Waals surface area contributed by atoms with Crippen LogP contribution in [0.3, 0.4) is 0 Å². The van der Waals surface area contributed by atoms with Crippen molar-refractivity contribution in [2.24, 2.45) is 4.99 Å². The van der Waals surface area contributed by atoms with Gasteiger partial charge in [0, 0.05) is 34.7 Å². The summed E-state index contributed by atoms with van der Waals surface area (Å²) in [5, 5.41) is 0.758. The van der Waals surface area contributed by atoms with Gasteiger partial charge in [0.15, 0.2) is 0 Å². The molecule has 0 unspecified atom stereocenters. The molecule has 0 amide bonds. The Morgan fingerprint density at radius 2 is 1.95 bits per heavy atom. The van der Waals surface area contributed by atoms with Crippen LogP contribution in [-0.4, -0.2) is 10.8 Å². The topological polar surface area (TPSA) is 17.3 Å². The number of nitrogens with zero attached hydrogens (tertiary/aromatic N) is 2. The monoisotopic (exact) mass is 274 g/mol. The van der Waals surface area contributed by atoms with Crippen molar-refractivity contribution in [3.63, 3.8) is 0 Å². The average molecular weight is 275 g/mol. The molecule has 0 saturated carbocycles. The number of aromatic nitrogens is 1. The van der Waals surface area contributed by atoms with E-state index in [0.717, 1.165) is 28.4 Å². The summed E-state index contributed by atoms with van der Waals surface area (Å²) >= 11 is 6.10. The molecule has 1 aromatic carbocycles. The third kappa shape index (κ3) is 2.90. The third-order valence-corrected chi connectivity index (χ3v) is 3.84. The van der Waals surface area contributed by atoms with E-state index in [1.54, 1.807) is 0 Å². The van der Waals surface area contributed by atoms with Crippen LogP contribution in [0, 0.1) is 20.8 Å². The van der Waals surface area contributed by atoms with E-state index in [0.29, 0.717) is 0 Å². The zero-order valence-electron chi connectivity index (χ0n) is 11.9. The van der Waals surface area contributed by atoms with Gasteiger partial charge in [-0.2, -0.15) is 0 Å². The Balaban J connectivity index is 2.30. The number of hydrogen-bond acceptors (Lipinski definition) is 1. The zero-order valence-corrected chi connectivity index (χ0v) is 12.6. The molecule has 2 aromatic rings. The van der Waals surface area contributed by atoms with Crippen molar-refractivity contribution in [3.05, 3.63) is 51.8 Å². The lowest BCUT2D eigenvalue weighted by molar-refractivity contribution is 0.718. The van der Waals surface area contributed by atoms with E-state index in [1.165, 1.54) is 11.4 Å². The maximum Gasteiger partial charge on any atom is 0.0644 e. The highest BCUT2D eigenvalue weighted by Crippen LogP contribution is 2.22. The molecule has 1 aromatic heterocycles. The number of aryl methyl sites for hydroxylation is 2. The molecule has 3 heteroatoms. The SMILES string of the molecule is CCn1c(C)cc(C=Nc2ccc(C)c(Cl)c2)c1C. The summed E-state index contributed by atoms with van der Waals surface area (Å²) in [4.78, 5) is 4.51. The van der Waals surface area contributed by atoms with Crippen LogP contribution < -0.4 is 0 Å². The van der Waals surface area contributed by atoms with E-state index in [4.69, 9.17) is 11.6 Å². The summed E-state index contributed by atoms with van der Waals surface area (Å²) in [5.74, 6) is 0. The number of halogens is 1. The van der Waals surface area contributed by atoms with E-state index in [9.17, 15) is 0 Å². The first-order valence-corrected chi connectivity index (χ1v) is 6.87. The summed E-state index contributed by atoms with van der Waals surface area (Å²) in [6, 6.07) is 8.03. The fraction of sp³-hybridized carbons (Fsp3) is 0.312. The van der Waals surface area contributed by atoms with E-state index >= 15 is 0 Å². The molecule has 0 aliphatic heterocycles. The van der Waals surface area contributed by atoms with Crippen LogP contribution in [-0.2, 0) is 6.54 Å². The average Bonchev–Trinajstić information content (AvgIpc) is 2.65. The maximum absolute atomic E-state index is 6.10. The van der Waals surface area contributed by atoms with Crippen molar-refractivity contribution in [1.29, 1.82) is 0 Å². The first kappa shape index (κ1) is 13.9. The van der Waals surface area contributed by atoms with Crippen molar-refractivity contribution >= 4 is 23.5 Å². The summed E-state index contributed by atoms with van der Waals surface area (Å²) in [5.41, 5.74) is 5.64. The maximum atomic E-state index is 6.10. The second-order valence-corrected chi connectivity index (χ2v) is 5.17. The number of rotatable bonds is 3. The van der Waals surface area contributed by atoms with Gasteiger partial charge in [0.2, 0.25) is 0 Å². The molecule has 0 fully saturated rings. The minimum atomic E-state index is 0.758. The largest absolute Gasteiger partial charge is 0.349 e. The molecule has 1 heterocycles. The molecule has 0 aliphatic carbocycles. The highest BCUT2D eigenvalue weighted by Gasteiger charge is 2.05. The molecular formula is C16H19ClN2. The van der Waals surface area contributed by atoms with Crippen molar-refractivity contribution in [3.8, 4) is 0 Å². The predicted octanol–water partition coefficient (Wildman–Crippen LogP) is 4.84. The quantitative estimate of drug-likeness (QED) is 0.713. The van der Waals surface area contributed by atoms with Crippen molar-refractivity contribution in [2.45, 2.75) is 34.2 Å². The van der Waals surface area contributed by atoms with E-state index in [2.05, 4.69) is 36.4 Å². The third-order valence-electron chi connectivity index (χ3n) is 3.44. The normalized spacial score (nSPS) is 11.4. The van der Waals surface area contributed by atoms with E-state index < -0.39 is 0 Å². The van der Waals surface area contributed by atoms with E-state index in [1.807, 2.05) is 31.3 Å². The first-order chi connectivity index (χ1) is 9.02. The lowest BCUT2D eigenvalue weighted by Crippen LogP contribution is -1.99. The molecule has 0 spiro atoms. The van der Waals surface area contributed by atoms with Crippen molar-refractivity contribution in [1.82, 2.24) is 4.57 Å². The Bertz CT molecular complexity index is 624. The molecule has 0 N–H and O–H groups in total. The highest BCUT2D eigenvalue weighted by atomic mass is 35.5. The molecular weight excluding hydrogens is 256 g/mol. The molecule has 2 rings (SSSR count). The van der Waals surface area contributed by atoms with Crippen LogP contribution in [0.5, 0.6) is 0 Å². The van der Waals surface area contributed by atoms with Gasteiger partial charge in [-0.15, -0.1) is 0 Å². The van der Waals surface area contributed by atoms with Gasteiger partial charge >= 0.3 is 0 Å². The smallest absolute Gasteiger partial charge is 0.0644 e. The predicted molar refractivity (Wildman–Crippen MR) is 83.0 cm³/mol. The van der Waals surface area contributed by atoms with Gasteiger partial charge in [-0.3, -0.25) is 4.99 Å². The number of benzene rings is 1. The minimum Gasteiger partial charge on any atom is -0.349 e. The van der Waals surface area contributed by atoms with Crippen molar-refractivity contribution < 1.29 is 0 Å². The number of aliphatic imine (C=N–C) groups is 1. The van der Waals surface area contributed by atoms with Gasteiger partial charge < -0.3 is 4.57 Å². The summed E-state index contributed by atoms with van der Waals surface area (Å²) < 4.78 is 2.28. The van der Waals surface area contributed by atoms with Gasteiger partial charge in [0.1, 0.15) is 0 Å². The Hall–Kier alpha value is -1.54. The molecule has 0 atom stereocenters. The molecule has 19 heavy (non-hydrogen) atoms. The summed E-state index contributed by atoms with van der Waals surface area (Å²) in [6.45, 7) is 9.38. The fourth-order valence-corrected chi connectivity index (χ4v) is 2.43. The number of hydrogen-bond donors (Lipinski definition) is 0. The molecule has 0 bridgehead atoms. The fourth-order valence-electron chi connectivity index (χ4n) is 2.25.